The Bertz CT molecular complexity index is 1610. The molecule has 10 nitrogen and oxygen atoms in total. The van der Waals surface area contributed by atoms with Gasteiger partial charge in [-0.1, -0.05) is 48.0 Å². The third kappa shape index (κ3) is 4.41. The highest BCUT2D eigenvalue weighted by Gasteiger charge is 2.76. The van der Waals surface area contributed by atoms with Gasteiger partial charge in [-0.3, -0.25) is 33.8 Å². The molecule has 2 N–H and O–H groups in total. The Kier molecular flexibility index (Phi) is 7.49. The molecule has 3 fully saturated rings. The quantitative estimate of drug-likeness (QED) is 0.252. The van der Waals surface area contributed by atoms with Gasteiger partial charge in [0.15, 0.2) is 9.75 Å². The fourth-order valence-electron chi connectivity index (χ4n) is 7.36. The number of benzene rings is 2. The number of carboxylic acid groups (broad SMARTS) is 1. The minimum absolute atomic E-state index is 0.0424. The van der Waals surface area contributed by atoms with Crippen LogP contribution in [-0.4, -0.2) is 73.0 Å². The number of ether oxygens (including phenoxy) is 1. The molecule has 0 bridgehead atoms. The Balaban J connectivity index is 1.39. The zero-order valence-corrected chi connectivity index (χ0v) is 25.3. The molecule has 44 heavy (non-hydrogen) atoms. The highest BCUT2D eigenvalue weighted by atomic mass is 35.5. The van der Waals surface area contributed by atoms with Crippen molar-refractivity contribution in [2.24, 2.45) is 17.8 Å². The van der Waals surface area contributed by atoms with E-state index in [1.165, 1.54) is 13.1 Å². The van der Waals surface area contributed by atoms with Crippen LogP contribution in [0.25, 0.3) is 0 Å². The number of nitrogens with zero attached hydrogens (tertiary/aromatic N) is 2. The lowest BCUT2D eigenvalue weighted by Gasteiger charge is -2.50. The molecular formula is C32H30Cl2N2O8. The van der Waals surface area contributed by atoms with Gasteiger partial charge < -0.3 is 14.9 Å². The monoisotopic (exact) mass is 640 g/mol. The molecule has 4 aliphatic rings. The summed E-state index contributed by atoms with van der Waals surface area (Å²) in [7, 11) is 1.30. The van der Waals surface area contributed by atoms with E-state index in [9.17, 15) is 29.1 Å². The molecule has 2 heterocycles. The largest absolute Gasteiger partial charge is 0.508 e. The summed E-state index contributed by atoms with van der Waals surface area (Å²) in [5.74, 6) is -6.67. The standard InChI is InChI=1S/C32H30Cl2N2O8/c1-35-29(42)31(33)15-22-19(11-12-21-25(22)28(41)36(27(21)40)13-5-8-24(38)39)26(32(31,34)30(35)43)20-10-9-18(14-23(20)37)44-16-17-6-3-2-4-7-17/h2-4,6-7,9-11,14,21-22,25-26,37H,5,8,12-13,15-16H2,1H3,(H,38,39)/t21-,22+,25-,26+,31+,32-/m0/s1. The van der Waals surface area contributed by atoms with Crippen molar-refractivity contribution in [1.29, 1.82) is 0 Å². The average Bonchev–Trinajstić information content (AvgIpc) is 3.31. The molecule has 0 aromatic heterocycles. The van der Waals surface area contributed by atoms with Gasteiger partial charge >= 0.3 is 5.97 Å². The van der Waals surface area contributed by atoms with Crippen LogP contribution in [0.3, 0.4) is 0 Å². The van der Waals surface area contributed by atoms with E-state index >= 15 is 0 Å². The molecule has 6 rings (SSSR count). The van der Waals surface area contributed by atoms with Gasteiger partial charge in [-0.2, -0.15) is 0 Å². The molecule has 1 saturated carbocycles. The van der Waals surface area contributed by atoms with Crippen molar-refractivity contribution >= 4 is 52.8 Å². The third-order valence-corrected chi connectivity index (χ3v) is 10.9. The first-order chi connectivity index (χ1) is 20.9. The van der Waals surface area contributed by atoms with Crippen LogP contribution in [0.2, 0.25) is 0 Å². The molecule has 6 atom stereocenters. The number of carboxylic acids is 1. The SMILES string of the molecule is CN1C(=O)[C@]2(Cl)C[C@@H]3C(=CC[C@@H]4C(=O)N(CCCC(=O)O)C(=O)[C@@H]43)[C@H](c3ccc(OCc4ccccc4)cc3O)[C@]2(Cl)C1=O. The lowest BCUT2D eigenvalue weighted by atomic mass is 9.56. The summed E-state index contributed by atoms with van der Waals surface area (Å²) in [6, 6.07) is 14.1. The minimum atomic E-state index is -2.02. The van der Waals surface area contributed by atoms with Crippen LogP contribution < -0.4 is 4.74 Å². The Labute approximate surface area is 263 Å². The van der Waals surface area contributed by atoms with Gasteiger partial charge in [-0.05, 0) is 36.8 Å². The number of fused-ring (bicyclic) bond motifs is 4. The van der Waals surface area contributed by atoms with Crippen molar-refractivity contribution in [2.75, 3.05) is 13.6 Å². The summed E-state index contributed by atoms with van der Waals surface area (Å²) in [5.41, 5.74) is 1.71. The number of phenolic OH excluding ortho intramolecular Hbond substituents is 1. The van der Waals surface area contributed by atoms with Gasteiger partial charge in [0.2, 0.25) is 11.8 Å². The first kappa shape index (κ1) is 30.1. The molecule has 2 aliphatic carbocycles. The van der Waals surface area contributed by atoms with E-state index in [4.69, 9.17) is 33.0 Å². The Morgan fingerprint density at radius 1 is 1.02 bits per heavy atom. The normalized spacial score (nSPS) is 31.0. The maximum atomic E-state index is 13.7. The molecule has 0 radical (unpaired) electrons. The fourth-order valence-corrected chi connectivity index (χ4v) is 8.37. The smallest absolute Gasteiger partial charge is 0.303 e. The Morgan fingerprint density at radius 3 is 2.43 bits per heavy atom. The predicted molar refractivity (Wildman–Crippen MR) is 158 cm³/mol. The summed E-state index contributed by atoms with van der Waals surface area (Å²) >= 11 is 14.3. The van der Waals surface area contributed by atoms with Gasteiger partial charge in [0, 0.05) is 37.6 Å². The van der Waals surface area contributed by atoms with Gasteiger partial charge in [0.1, 0.15) is 18.1 Å². The van der Waals surface area contributed by atoms with E-state index in [2.05, 4.69) is 0 Å². The van der Waals surface area contributed by atoms with Crippen LogP contribution in [-0.2, 0) is 30.6 Å². The van der Waals surface area contributed by atoms with E-state index in [1.54, 1.807) is 18.2 Å². The van der Waals surface area contributed by atoms with Crippen LogP contribution in [0.15, 0.2) is 60.2 Å². The number of phenols is 1. The zero-order valence-electron chi connectivity index (χ0n) is 23.7. The summed E-state index contributed by atoms with van der Waals surface area (Å²) in [5, 5.41) is 20.4. The molecule has 4 amide bonds. The number of carbonyl (C=O) groups excluding carboxylic acids is 4. The van der Waals surface area contributed by atoms with Crippen molar-refractivity contribution in [1.82, 2.24) is 9.80 Å². The van der Waals surface area contributed by atoms with Crippen LogP contribution in [0.4, 0.5) is 0 Å². The van der Waals surface area contributed by atoms with Crippen molar-refractivity contribution in [2.45, 2.75) is 48.0 Å². The van der Waals surface area contributed by atoms with Crippen molar-refractivity contribution in [3.63, 3.8) is 0 Å². The topological polar surface area (TPSA) is 142 Å². The molecule has 2 saturated heterocycles. The first-order valence-electron chi connectivity index (χ1n) is 14.4. The number of likely N-dealkylation sites (tertiary alicyclic amines) is 2. The summed E-state index contributed by atoms with van der Waals surface area (Å²) in [6.45, 7) is 0.208. The summed E-state index contributed by atoms with van der Waals surface area (Å²) in [4.78, 5) is 63.4. The van der Waals surface area contributed by atoms with E-state index in [-0.39, 0.29) is 50.1 Å². The second-order valence-electron chi connectivity index (χ2n) is 11.8. The van der Waals surface area contributed by atoms with Gasteiger partial charge in [-0.15, -0.1) is 23.2 Å². The van der Waals surface area contributed by atoms with E-state index in [0.717, 1.165) is 15.4 Å². The van der Waals surface area contributed by atoms with Crippen LogP contribution in [0.1, 0.15) is 42.7 Å². The number of halogens is 2. The molecule has 12 heteroatoms. The minimum Gasteiger partial charge on any atom is -0.508 e. The molecule has 2 aromatic rings. The third-order valence-electron chi connectivity index (χ3n) is 9.44. The Morgan fingerprint density at radius 2 is 1.75 bits per heavy atom. The number of allylic oxidation sites excluding steroid dienone is 2. The van der Waals surface area contributed by atoms with Gasteiger partial charge in [0.25, 0.3) is 11.8 Å². The number of carbonyl (C=O) groups is 5. The van der Waals surface area contributed by atoms with Crippen molar-refractivity contribution < 1.29 is 38.9 Å². The summed E-state index contributed by atoms with van der Waals surface area (Å²) < 4.78 is 5.86. The average molecular weight is 642 g/mol. The van der Waals surface area contributed by atoms with Crippen LogP contribution in [0, 0.1) is 17.8 Å². The number of alkyl halides is 2. The van der Waals surface area contributed by atoms with Gasteiger partial charge in [0.05, 0.1) is 11.8 Å². The fraction of sp³-hybridized carbons (Fsp3) is 0.406. The molecule has 2 aliphatic heterocycles. The maximum absolute atomic E-state index is 13.7. The van der Waals surface area contributed by atoms with Crippen molar-refractivity contribution in [3.8, 4) is 11.5 Å². The van der Waals surface area contributed by atoms with E-state index in [0.29, 0.717) is 11.3 Å². The van der Waals surface area contributed by atoms with Crippen LogP contribution >= 0.6 is 23.2 Å². The van der Waals surface area contributed by atoms with E-state index in [1.807, 2.05) is 30.3 Å². The lowest BCUT2D eigenvalue weighted by Crippen LogP contribution is -2.60. The van der Waals surface area contributed by atoms with Crippen LogP contribution in [0.5, 0.6) is 11.5 Å². The molecule has 0 unspecified atom stereocenters. The number of hydrogen-bond acceptors (Lipinski definition) is 7. The number of aliphatic carboxylic acids is 1. The molecular weight excluding hydrogens is 611 g/mol. The second-order valence-corrected chi connectivity index (χ2v) is 13.1. The highest BCUT2D eigenvalue weighted by molar-refractivity contribution is 6.53. The Hall–Kier alpha value is -3.89. The second kappa shape index (κ2) is 10.9. The number of imide groups is 2. The number of aromatic hydroxyl groups is 1. The van der Waals surface area contributed by atoms with Gasteiger partial charge in [-0.25, -0.2) is 0 Å². The predicted octanol–water partition coefficient (Wildman–Crippen LogP) is 3.82. The van der Waals surface area contributed by atoms with Crippen molar-refractivity contribution in [3.05, 3.63) is 71.3 Å². The number of hydrogen-bond donors (Lipinski definition) is 2. The maximum Gasteiger partial charge on any atom is 0.303 e. The lowest BCUT2D eigenvalue weighted by molar-refractivity contribution is -0.142. The molecule has 2 aromatic carbocycles. The number of rotatable bonds is 8. The summed E-state index contributed by atoms with van der Waals surface area (Å²) in [6.07, 6.45) is 1.69. The number of amides is 4. The zero-order chi connectivity index (χ0) is 31.6. The molecule has 230 valence electrons. The highest BCUT2D eigenvalue weighted by Crippen LogP contribution is 2.66. The van der Waals surface area contributed by atoms with E-state index < -0.39 is 63.0 Å². The molecule has 0 spiro atoms. The first-order valence-corrected chi connectivity index (χ1v) is 15.1.